The van der Waals surface area contributed by atoms with Crippen molar-refractivity contribution in [2.45, 2.75) is 6.54 Å². The van der Waals surface area contributed by atoms with Crippen molar-refractivity contribution in [3.63, 3.8) is 0 Å². The molecular formula is C16H22N6O. The number of nitrogen functional groups attached to an aromatic ring is 2. The molecule has 1 aliphatic heterocycles. The minimum Gasteiger partial charge on any atom is -0.495 e. The molecular weight excluding hydrogens is 292 g/mol. The van der Waals surface area contributed by atoms with Crippen molar-refractivity contribution in [1.29, 1.82) is 0 Å². The number of aromatic nitrogens is 2. The monoisotopic (exact) mass is 314 g/mol. The molecule has 1 saturated heterocycles. The van der Waals surface area contributed by atoms with E-state index < -0.39 is 0 Å². The molecule has 1 aromatic heterocycles. The van der Waals surface area contributed by atoms with Crippen molar-refractivity contribution in [1.82, 2.24) is 14.9 Å². The second kappa shape index (κ2) is 6.70. The lowest BCUT2D eigenvalue weighted by Gasteiger charge is -2.36. The van der Waals surface area contributed by atoms with Gasteiger partial charge in [-0.05, 0) is 12.1 Å². The fourth-order valence-electron chi connectivity index (χ4n) is 2.83. The maximum atomic E-state index is 5.91. The second-order valence-electron chi connectivity index (χ2n) is 5.57. The molecule has 2 heterocycles. The highest BCUT2D eigenvalue weighted by molar-refractivity contribution is 5.58. The van der Waals surface area contributed by atoms with E-state index in [1.54, 1.807) is 13.3 Å². The highest BCUT2D eigenvalue weighted by Crippen LogP contribution is 2.28. The first kappa shape index (κ1) is 15.4. The van der Waals surface area contributed by atoms with Crippen LogP contribution in [0.4, 0.5) is 17.5 Å². The summed E-state index contributed by atoms with van der Waals surface area (Å²) in [7, 11) is 1.71. The molecule has 0 aliphatic carbocycles. The molecule has 0 radical (unpaired) electrons. The van der Waals surface area contributed by atoms with E-state index in [0.717, 1.165) is 49.7 Å². The van der Waals surface area contributed by atoms with Crippen molar-refractivity contribution in [2.75, 3.05) is 49.7 Å². The molecule has 0 bridgehead atoms. The number of nitrogens with zero attached hydrogens (tertiary/aromatic N) is 4. The van der Waals surface area contributed by atoms with E-state index in [2.05, 4.69) is 25.8 Å². The Labute approximate surface area is 135 Å². The predicted octanol–water partition coefficient (Wildman–Crippen LogP) is 0.972. The predicted molar refractivity (Wildman–Crippen MR) is 91.3 cm³/mol. The summed E-state index contributed by atoms with van der Waals surface area (Å²) in [5.74, 6) is 1.59. The van der Waals surface area contributed by atoms with Gasteiger partial charge in [-0.15, -0.1) is 0 Å². The van der Waals surface area contributed by atoms with Crippen LogP contribution in [0.5, 0.6) is 5.75 Å². The summed E-state index contributed by atoms with van der Waals surface area (Å²) < 4.78 is 5.45. The van der Waals surface area contributed by atoms with Gasteiger partial charge in [-0.25, -0.2) is 4.98 Å². The SMILES string of the molecule is COc1ccccc1N1CCN(Cc2cnc(N)nc2N)CC1. The van der Waals surface area contributed by atoms with Gasteiger partial charge in [-0.2, -0.15) is 4.98 Å². The lowest BCUT2D eigenvalue weighted by molar-refractivity contribution is 0.249. The quantitative estimate of drug-likeness (QED) is 0.868. The summed E-state index contributed by atoms with van der Waals surface area (Å²) in [5.41, 5.74) is 13.5. The van der Waals surface area contributed by atoms with Crippen molar-refractivity contribution in [3.8, 4) is 5.75 Å². The maximum Gasteiger partial charge on any atom is 0.221 e. The molecule has 1 fully saturated rings. The van der Waals surface area contributed by atoms with E-state index in [-0.39, 0.29) is 5.95 Å². The smallest absolute Gasteiger partial charge is 0.221 e. The Kier molecular flexibility index (Phi) is 4.47. The Morgan fingerprint density at radius 1 is 1.13 bits per heavy atom. The van der Waals surface area contributed by atoms with Gasteiger partial charge < -0.3 is 21.1 Å². The van der Waals surface area contributed by atoms with Gasteiger partial charge in [0.05, 0.1) is 12.8 Å². The number of anilines is 3. The van der Waals surface area contributed by atoms with Crippen LogP contribution in [-0.4, -0.2) is 48.2 Å². The maximum absolute atomic E-state index is 5.91. The standard InChI is InChI=1S/C16H22N6O/c1-23-14-5-3-2-4-13(14)22-8-6-21(7-9-22)11-12-10-19-16(18)20-15(12)17/h2-5,10H,6-9,11H2,1H3,(H4,17,18,19,20). The van der Waals surface area contributed by atoms with E-state index in [1.807, 2.05) is 18.2 Å². The van der Waals surface area contributed by atoms with Crippen LogP contribution >= 0.6 is 0 Å². The van der Waals surface area contributed by atoms with E-state index in [9.17, 15) is 0 Å². The molecule has 0 unspecified atom stereocenters. The molecule has 1 aliphatic rings. The molecule has 1 aromatic carbocycles. The zero-order chi connectivity index (χ0) is 16.2. The molecule has 7 nitrogen and oxygen atoms in total. The number of ether oxygens (including phenoxy) is 1. The van der Waals surface area contributed by atoms with Crippen LogP contribution in [-0.2, 0) is 6.54 Å². The summed E-state index contributed by atoms with van der Waals surface area (Å²) in [6, 6.07) is 8.12. The molecule has 2 aromatic rings. The number of rotatable bonds is 4. The summed E-state index contributed by atoms with van der Waals surface area (Å²) in [6.07, 6.45) is 1.71. The first-order valence-electron chi connectivity index (χ1n) is 7.64. The van der Waals surface area contributed by atoms with Crippen LogP contribution in [0.3, 0.4) is 0 Å². The normalized spacial score (nSPS) is 15.6. The van der Waals surface area contributed by atoms with Crippen molar-refractivity contribution >= 4 is 17.5 Å². The van der Waals surface area contributed by atoms with Gasteiger partial charge in [-0.3, -0.25) is 4.90 Å². The van der Waals surface area contributed by atoms with Gasteiger partial charge in [0.2, 0.25) is 5.95 Å². The van der Waals surface area contributed by atoms with Crippen LogP contribution in [0.25, 0.3) is 0 Å². The molecule has 3 rings (SSSR count). The summed E-state index contributed by atoms with van der Waals surface area (Å²) >= 11 is 0. The Balaban J connectivity index is 1.62. The van der Waals surface area contributed by atoms with Gasteiger partial charge in [0.15, 0.2) is 0 Å². The van der Waals surface area contributed by atoms with E-state index in [1.165, 1.54) is 0 Å². The van der Waals surface area contributed by atoms with Gasteiger partial charge in [0.25, 0.3) is 0 Å². The van der Waals surface area contributed by atoms with Crippen LogP contribution in [0.2, 0.25) is 0 Å². The summed E-state index contributed by atoms with van der Waals surface area (Å²) in [6.45, 7) is 4.52. The number of hydrogen-bond donors (Lipinski definition) is 2. The number of para-hydroxylation sites is 2. The van der Waals surface area contributed by atoms with Crippen molar-refractivity contribution in [3.05, 3.63) is 36.0 Å². The minimum atomic E-state index is 0.215. The Bertz CT molecular complexity index is 669. The van der Waals surface area contributed by atoms with Gasteiger partial charge in [-0.1, -0.05) is 12.1 Å². The lowest BCUT2D eigenvalue weighted by Crippen LogP contribution is -2.46. The Morgan fingerprint density at radius 3 is 2.57 bits per heavy atom. The zero-order valence-electron chi connectivity index (χ0n) is 13.3. The first-order chi connectivity index (χ1) is 11.2. The summed E-state index contributed by atoms with van der Waals surface area (Å²) in [4.78, 5) is 12.7. The molecule has 122 valence electrons. The van der Waals surface area contributed by atoms with E-state index in [4.69, 9.17) is 16.2 Å². The third-order valence-corrected chi connectivity index (χ3v) is 4.11. The first-order valence-corrected chi connectivity index (χ1v) is 7.64. The fourth-order valence-corrected chi connectivity index (χ4v) is 2.83. The third kappa shape index (κ3) is 3.45. The molecule has 4 N–H and O–H groups in total. The van der Waals surface area contributed by atoms with Crippen LogP contribution in [0, 0.1) is 0 Å². The van der Waals surface area contributed by atoms with Crippen LogP contribution in [0.1, 0.15) is 5.56 Å². The number of benzene rings is 1. The molecule has 0 amide bonds. The van der Waals surface area contributed by atoms with Gasteiger partial charge in [0.1, 0.15) is 11.6 Å². The topological polar surface area (TPSA) is 93.5 Å². The average Bonchev–Trinajstić information content (AvgIpc) is 2.58. The molecule has 0 atom stereocenters. The number of piperazine rings is 1. The number of nitrogens with two attached hydrogens (primary N) is 2. The fraction of sp³-hybridized carbons (Fsp3) is 0.375. The molecule has 0 spiro atoms. The molecule has 23 heavy (non-hydrogen) atoms. The molecule has 7 heteroatoms. The third-order valence-electron chi connectivity index (χ3n) is 4.11. The highest BCUT2D eigenvalue weighted by atomic mass is 16.5. The Morgan fingerprint density at radius 2 is 1.87 bits per heavy atom. The zero-order valence-corrected chi connectivity index (χ0v) is 13.3. The van der Waals surface area contributed by atoms with Crippen molar-refractivity contribution < 1.29 is 4.74 Å². The molecule has 0 saturated carbocycles. The van der Waals surface area contributed by atoms with Crippen molar-refractivity contribution in [2.24, 2.45) is 0 Å². The van der Waals surface area contributed by atoms with Gasteiger partial charge in [0, 0.05) is 44.5 Å². The highest BCUT2D eigenvalue weighted by Gasteiger charge is 2.20. The van der Waals surface area contributed by atoms with Crippen LogP contribution in [0.15, 0.2) is 30.5 Å². The minimum absolute atomic E-state index is 0.215. The van der Waals surface area contributed by atoms with Crippen LogP contribution < -0.4 is 21.1 Å². The Hall–Kier alpha value is -2.54. The number of hydrogen-bond acceptors (Lipinski definition) is 7. The largest absolute Gasteiger partial charge is 0.495 e. The number of methoxy groups -OCH3 is 1. The van der Waals surface area contributed by atoms with Gasteiger partial charge >= 0.3 is 0 Å². The summed E-state index contributed by atoms with van der Waals surface area (Å²) in [5, 5.41) is 0. The van der Waals surface area contributed by atoms with E-state index in [0.29, 0.717) is 5.82 Å². The lowest BCUT2D eigenvalue weighted by atomic mass is 10.2. The average molecular weight is 314 g/mol. The second-order valence-corrected chi connectivity index (χ2v) is 5.57. The van der Waals surface area contributed by atoms with E-state index >= 15 is 0 Å².